The van der Waals surface area contributed by atoms with Crippen molar-refractivity contribution in [3.05, 3.63) is 55.0 Å². The van der Waals surface area contributed by atoms with Gasteiger partial charge in [0, 0.05) is 9.75 Å². The molecule has 2 N–H and O–H groups in total. The van der Waals surface area contributed by atoms with Crippen LogP contribution in [0.5, 0.6) is 0 Å². The highest BCUT2D eigenvalue weighted by atomic mass is 32.1. The van der Waals surface area contributed by atoms with Gasteiger partial charge < -0.3 is 20.1 Å². The maximum Gasteiger partial charge on any atom is 0.348 e. The summed E-state index contributed by atoms with van der Waals surface area (Å²) in [6.45, 7) is 1.69. The predicted octanol–water partition coefficient (Wildman–Crippen LogP) is 3.72. The van der Waals surface area contributed by atoms with Crippen LogP contribution in [-0.2, 0) is 27.1 Å². The molecule has 158 valence electrons. The van der Waals surface area contributed by atoms with Crippen molar-refractivity contribution in [2.24, 2.45) is 0 Å². The molecule has 0 aromatic carbocycles. The van der Waals surface area contributed by atoms with Crippen molar-refractivity contribution in [1.29, 1.82) is 0 Å². The van der Waals surface area contributed by atoms with Gasteiger partial charge in [0.15, 0.2) is 0 Å². The van der Waals surface area contributed by atoms with E-state index in [-0.39, 0.29) is 24.5 Å². The molecule has 30 heavy (non-hydrogen) atoms. The minimum Gasteiger partial charge on any atom is -0.463 e. The molecule has 1 aliphatic carbocycles. The highest BCUT2D eigenvalue weighted by molar-refractivity contribution is 7.14. The van der Waals surface area contributed by atoms with Crippen LogP contribution in [0.3, 0.4) is 0 Å². The smallest absolute Gasteiger partial charge is 0.348 e. The number of amides is 2. The number of hydrogen-bond acceptors (Lipinski definition) is 7. The molecule has 7 nitrogen and oxygen atoms in total. The summed E-state index contributed by atoms with van der Waals surface area (Å²) >= 11 is 2.88. The summed E-state index contributed by atoms with van der Waals surface area (Å²) in [5.74, 6) is -1.01. The second-order valence-electron chi connectivity index (χ2n) is 7.00. The van der Waals surface area contributed by atoms with Gasteiger partial charge in [0.2, 0.25) is 0 Å². The zero-order valence-electron chi connectivity index (χ0n) is 16.5. The Morgan fingerprint density at radius 1 is 1.20 bits per heavy atom. The average molecular weight is 447 g/mol. The molecule has 2 amide bonds. The molecule has 1 atom stereocenters. The lowest BCUT2D eigenvalue weighted by atomic mass is 9.99. The summed E-state index contributed by atoms with van der Waals surface area (Å²) in [7, 11) is 0. The van der Waals surface area contributed by atoms with Crippen molar-refractivity contribution in [2.45, 2.75) is 38.6 Å². The van der Waals surface area contributed by atoms with Gasteiger partial charge in [0.1, 0.15) is 11.5 Å². The van der Waals surface area contributed by atoms with E-state index in [4.69, 9.17) is 9.47 Å². The Balaban J connectivity index is 1.57. The quantitative estimate of drug-likeness (QED) is 0.660. The first-order valence-corrected chi connectivity index (χ1v) is 11.6. The molecule has 2 aromatic heterocycles. The van der Waals surface area contributed by atoms with Crippen molar-refractivity contribution in [3.63, 3.8) is 0 Å². The number of nitrogens with one attached hydrogen (secondary N) is 2. The molecule has 0 unspecified atom stereocenters. The van der Waals surface area contributed by atoms with Gasteiger partial charge in [-0.1, -0.05) is 6.07 Å². The van der Waals surface area contributed by atoms with Crippen molar-refractivity contribution < 1.29 is 23.9 Å². The summed E-state index contributed by atoms with van der Waals surface area (Å²) in [5, 5.41) is 7.23. The molecular weight excluding hydrogens is 424 g/mol. The van der Waals surface area contributed by atoms with Crippen LogP contribution in [0.2, 0.25) is 0 Å². The monoisotopic (exact) mass is 446 g/mol. The van der Waals surface area contributed by atoms with E-state index in [0.29, 0.717) is 4.88 Å². The average Bonchev–Trinajstić information content (AvgIpc) is 3.41. The van der Waals surface area contributed by atoms with Gasteiger partial charge in [0.25, 0.3) is 0 Å². The van der Waals surface area contributed by atoms with Gasteiger partial charge in [-0.2, -0.15) is 0 Å². The second-order valence-corrected chi connectivity index (χ2v) is 9.12. The van der Waals surface area contributed by atoms with Crippen molar-refractivity contribution in [3.8, 4) is 0 Å². The third-order valence-corrected chi connectivity index (χ3v) is 7.18. The SMILES string of the molecule is CCOC(=O)C1=C(COC(=O)c2cc3c(s2)CCCC3)NC(=O)N[C@H]1c1cccs1. The van der Waals surface area contributed by atoms with Crippen LogP contribution in [0, 0.1) is 0 Å². The fraction of sp³-hybridized carbons (Fsp3) is 0.381. The normalized spacial score (nSPS) is 18.3. The molecule has 2 aliphatic rings. The molecule has 0 saturated heterocycles. The molecule has 0 radical (unpaired) electrons. The van der Waals surface area contributed by atoms with Crippen LogP contribution in [0.25, 0.3) is 0 Å². The number of urea groups is 1. The molecule has 2 aromatic rings. The van der Waals surface area contributed by atoms with E-state index in [1.54, 1.807) is 6.92 Å². The molecule has 0 saturated carbocycles. The Hall–Kier alpha value is -2.65. The summed E-state index contributed by atoms with van der Waals surface area (Å²) in [4.78, 5) is 40.1. The van der Waals surface area contributed by atoms with Crippen molar-refractivity contribution >= 4 is 40.6 Å². The number of esters is 2. The van der Waals surface area contributed by atoms with Crippen LogP contribution < -0.4 is 10.6 Å². The third kappa shape index (κ3) is 4.27. The van der Waals surface area contributed by atoms with Gasteiger partial charge in [-0.25, -0.2) is 14.4 Å². The Labute approximate surface area is 182 Å². The van der Waals surface area contributed by atoms with E-state index in [2.05, 4.69) is 10.6 Å². The van der Waals surface area contributed by atoms with Crippen LogP contribution >= 0.6 is 22.7 Å². The Bertz CT molecular complexity index is 970. The highest BCUT2D eigenvalue weighted by Crippen LogP contribution is 2.32. The van der Waals surface area contributed by atoms with Crippen LogP contribution in [0.15, 0.2) is 34.8 Å². The zero-order valence-corrected chi connectivity index (χ0v) is 18.1. The number of thiophene rings is 2. The third-order valence-electron chi connectivity index (χ3n) is 5.02. The minimum absolute atomic E-state index is 0.196. The van der Waals surface area contributed by atoms with Gasteiger partial charge in [-0.3, -0.25) is 0 Å². The Morgan fingerprint density at radius 2 is 2.03 bits per heavy atom. The fourth-order valence-electron chi connectivity index (χ4n) is 3.65. The summed E-state index contributed by atoms with van der Waals surface area (Å²) in [5.41, 5.74) is 1.71. The summed E-state index contributed by atoms with van der Waals surface area (Å²) < 4.78 is 10.7. The topological polar surface area (TPSA) is 93.7 Å². The summed E-state index contributed by atoms with van der Waals surface area (Å²) in [6.07, 6.45) is 4.26. The standard InChI is InChI=1S/C21H22N2O5S2/c1-2-27-20(25)17-13(22-21(26)23-18(17)15-8-5-9-29-15)11-28-19(24)16-10-12-6-3-4-7-14(12)30-16/h5,8-10,18H,2-4,6-7,11H2,1H3,(H2,22,23,26)/t18-/m0/s1. The predicted molar refractivity (Wildman–Crippen MR) is 114 cm³/mol. The Kier molecular flexibility index (Phi) is 6.19. The van der Waals surface area contributed by atoms with Gasteiger partial charge in [0.05, 0.1) is 23.9 Å². The first-order chi connectivity index (χ1) is 14.6. The largest absolute Gasteiger partial charge is 0.463 e. The second kappa shape index (κ2) is 9.01. The number of hydrogen-bond donors (Lipinski definition) is 2. The molecule has 3 heterocycles. The lowest BCUT2D eigenvalue weighted by molar-refractivity contribution is -0.139. The van der Waals surface area contributed by atoms with Crippen LogP contribution in [0.4, 0.5) is 4.79 Å². The number of carbonyl (C=O) groups excluding carboxylic acids is 3. The van der Waals surface area contributed by atoms with Gasteiger partial charge >= 0.3 is 18.0 Å². The highest BCUT2D eigenvalue weighted by Gasteiger charge is 2.35. The first kappa shape index (κ1) is 20.6. The number of carbonyl (C=O) groups is 3. The molecule has 4 rings (SSSR count). The van der Waals surface area contributed by atoms with Gasteiger partial charge in [-0.05, 0) is 55.7 Å². The first-order valence-electron chi connectivity index (χ1n) is 9.86. The molecule has 0 spiro atoms. The minimum atomic E-state index is -0.652. The lowest BCUT2D eigenvalue weighted by Crippen LogP contribution is -2.46. The number of fused-ring (bicyclic) bond motifs is 1. The van der Waals surface area contributed by atoms with E-state index in [1.165, 1.54) is 33.1 Å². The summed E-state index contributed by atoms with van der Waals surface area (Å²) in [6, 6.07) is 4.46. The number of ether oxygens (including phenoxy) is 2. The van der Waals surface area contributed by atoms with E-state index in [9.17, 15) is 14.4 Å². The van der Waals surface area contributed by atoms with E-state index < -0.39 is 24.0 Å². The van der Waals surface area contributed by atoms with Crippen molar-refractivity contribution in [2.75, 3.05) is 13.2 Å². The molecule has 0 fully saturated rings. The molecule has 1 aliphatic heterocycles. The number of aryl methyl sites for hydroxylation is 2. The van der Waals surface area contributed by atoms with E-state index in [0.717, 1.165) is 30.6 Å². The fourth-order valence-corrected chi connectivity index (χ4v) is 5.58. The Morgan fingerprint density at radius 3 is 2.77 bits per heavy atom. The van der Waals surface area contributed by atoms with E-state index in [1.807, 2.05) is 23.6 Å². The lowest BCUT2D eigenvalue weighted by Gasteiger charge is -2.28. The van der Waals surface area contributed by atoms with Gasteiger partial charge in [-0.15, -0.1) is 22.7 Å². The van der Waals surface area contributed by atoms with Crippen molar-refractivity contribution in [1.82, 2.24) is 10.6 Å². The van der Waals surface area contributed by atoms with Crippen LogP contribution in [-0.4, -0.2) is 31.2 Å². The zero-order chi connectivity index (χ0) is 21.1. The van der Waals surface area contributed by atoms with Crippen LogP contribution in [0.1, 0.15) is 50.8 Å². The molecule has 9 heteroatoms. The maximum absolute atomic E-state index is 12.7. The molecular formula is C21H22N2O5S2. The number of rotatable bonds is 6. The van der Waals surface area contributed by atoms with E-state index >= 15 is 0 Å². The molecule has 0 bridgehead atoms. The maximum atomic E-state index is 12.7.